The van der Waals surface area contributed by atoms with Gasteiger partial charge in [0.1, 0.15) is 5.69 Å². The van der Waals surface area contributed by atoms with Crippen molar-refractivity contribution in [2.75, 3.05) is 34.8 Å². The first-order valence-corrected chi connectivity index (χ1v) is 6.96. The van der Waals surface area contributed by atoms with Crippen LogP contribution in [0, 0.1) is 0 Å². The molecule has 0 aliphatic heterocycles. The Morgan fingerprint density at radius 1 is 1.43 bits per heavy atom. The average molecular weight is 292 g/mol. The van der Waals surface area contributed by atoms with Crippen LogP contribution in [-0.2, 0) is 13.6 Å². The zero-order valence-corrected chi connectivity index (χ0v) is 13.4. The molecular formula is C14H24N6O. The van der Waals surface area contributed by atoms with Crippen LogP contribution in [0.5, 0.6) is 5.75 Å². The summed E-state index contributed by atoms with van der Waals surface area (Å²) in [5, 5.41) is 7.76. The number of imidazole rings is 1. The molecule has 1 atom stereocenters. The highest BCUT2D eigenvalue weighted by Gasteiger charge is 2.24. The number of nitrogens with one attached hydrogen (secondary N) is 1. The van der Waals surface area contributed by atoms with Crippen LogP contribution >= 0.6 is 0 Å². The molecule has 0 bridgehead atoms. The third kappa shape index (κ3) is 3.43. The summed E-state index contributed by atoms with van der Waals surface area (Å²) in [7, 11) is 9.65. The van der Waals surface area contributed by atoms with E-state index < -0.39 is 0 Å². The molecule has 2 aromatic heterocycles. The van der Waals surface area contributed by atoms with Crippen LogP contribution < -0.4 is 10.1 Å². The van der Waals surface area contributed by atoms with Crippen molar-refractivity contribution in [1.29, 1.82) is 0 Å². The summed E-state index contributed by atoms with van der Waals surface area (Å²) in [6.45, 7) is 1.72. The van der Waals surface area contributed by atoms with Crippen LogP contribution in [0.1, 0.15) is 17.4 Å². The van der Waals surface area contributed by atoms with Gasteiger partial charge in [-0.2, -0.15) is 5.10 Å². The topological polar surface area (TPSA) is 60.1 Å². The molecular weight excluding hydrogens is 268 g/mol. The number of methoxy groups -OCH3 is 1. The van der Waals surface area contributed by atoms with Crippen molar-refractivity contribution >= 4 is 0 Å². The van der Waals surface area contributed by atoms with Crippen molar-refractivity contribution in [1.82, 2.24) is 29.5 Å². The minimum Gasteiger partial charge on any atom is -0.493 e. The van der Waals surface area contributed by atoms with Gasteiger partial charge in [-0.05, 0) is 21.1 Å². The number of hydrogen-bond acceptors (Lipinski definition) is 5. The molecule has 0 saturated carbocycles. The van der Waals surface area contributed by atoms with Crippen LogP contribution in [0.15, 0.2) is 18.7 Å². The molecule has 0 spiro atoms. The summed E-state index contributed by atoms with van der Waals surface area (Å²) < 4.78 is 9.39. The smallest absolute Gasteiger partial charge is 0.161 e. The van der Waals surface area contributed by atoms with Gasteiger partial charge in [0.15, 0.2) is 5.75 Å². The highest BCUT2D eigenvalue weighted by atomic mass is 16.5. The standard InChI is InChI=1S/C14H24N6O/c1-15-13(11-9-19(4)10-16-11)14-12(21-5)8-17-20(14)7-6-18(2)3/h8-10,13,15H,6-7H2,1-5H3. The molecule has 7 heteroatoms. The van der Waals surface area contributed by atoms with E-state index in [1.165, 1.54) is 0 Å². The number of aryl methyl sites for hydroxylation is 1. The zero-order valence-electron chi connectivity index (χ0n) is 13.4. The van der Waals surface area contributed by atoms with Gasteiger partial charge in [0, 0.05) is 19.8 Å². The molecule has 7 nitrogen and oxygen atoms in total. The molecule has 1 unspecified atom stereocenters. The van der Waals surface area contributed by atoms with Crippen molar-refractivity contribution in [3.63, 3.8) is 0 Å². The lowest BCUT2D eigenvalue weighted by molar-refractivity contribution is 0.360. The molecule has 0 radical (unpaired) electrons. The fraction of sp³-hybridized carbons (Fsp3) is 0.571. The van der Waals surface area contributed by atoms with E-state index in [0.717, 1.165) is 30.2 Å². The van der Waals surface area contributed by atoms with E-state index in [-0.39, 0.29) is 6.04 Å². The van der Waals surface area contributed by atoms with Gasteiger partial charge in [-0.15, -0.1) is 0 Å². The molecule has 116 valence electrons. The van der Waals surface area contributed by atoms with E-state index in [2.05, 4.69) is 34.4 Å². The van der Waals surface area contributed by atoms with E-state index in [1.807, 2.05) is 29.5 Å². The second kappa shape index (κ2) is 6.73. The van der Waals surface area contributed by atoms with Crippen molar-refractivity contribution in [2.45, 2.75) is 12.6 Å². The highest BCUT2D eigenvalue weighted by Crippen LogP contribution is 2.28. The maximum absolute atomic E-state index is 5.47. The lowest BCUT2D eigenvalue weighted by Crippen LogP contribution is -2.25. The van der Waals surface area contributed by atoms with Crippen LogP contribution in [0.3, 0.4) is 0 Å². The van der Waals surface area contributed by atoms with E-state index in [9.17, 15) is 0 Å². The Morgan fingerprint density at radius 3 is 2.71 bits per heavy atom. The van der Waals surface area contributed by atoms with E-state index in [0.29, 0.717) is 0 Å². The Labute approximate surface area is 125 Å². The first-order chi connectivity index (χ1) is 10.1. The quantitative estimate of drug-likeness (QED) is 0.805. The third-order valence-electron chi connectivity index (χ3n) is 3.41. The number of aromatic nitrogens is 4. The predicted molar refractivity (Wildman–Crippen MR) is 81.4 cm³/mol. The maximum atomic E-state index is 5.47. The third-order valence-corrected chi connectivity index (χ3v) is 3.41. The maximum Gasteiger partial charge on any atom is 0.161 e. The molecule has 1 N–H and O–H groups in total. The van der Waals surface area contributed by atoms with Gasteiger partial charge in [0.05, 0.1) is 37.9 Å². The zero-order chi connectivity index (χ0) is 15.4. The van der Waals surface area contributed by atoms with Crippen molar-refractivity contribution in [2.24, 2.45) is 7.05 Å². The molecule has 2 aromatic rings. The average Bonchev–Trinajstić information content (AvgIpc) is 3.05. The van der Waals surface area contributed by atoms with Crippen LogP contribution in [0.4, 0.5) is 0 Å². The largest absolute Gasteiger partial charge is 0.493 e. The minimum absolute atomic E-state index is 0.0502. The molecule has 0 fully saturated rings. The molecule has 2 heterocycles. The number of rotatable bonds is 7. The first kappa shape index (κ1) is 15.5. The molecule has 2 rings (SSSR count). The van der Waals surface area contributed by atoms with Gasteiger partial charge in [0.2, 0.25) is 0 Å². The summed E-state index contributed by atoms with van der Waals surface area (Å²) in [4.78, 5) is 6.58. The molecule has 0 saturated heterocycles. The van der Waals surface area contributed by atoms with Gasteiger partial charge in [-0.25, -0.2) is 4.98 Å². The van der Waals surface area contributed by atoms with Gasteiger partial charge in [0.25, 0.3) is 0 Å². The Balaban J connectivity index is 2.36. The number of likely N-dealkylation sites (N-methyl/N-ethyl adjacent to an activating group) is 1. The van der Waals surface area contributed by atoms with E-state index in [1.54, 1.807) is 19.6 Å². The van der Waals surface area contributed by atoms with Crippen LogP contribution in [0.25, 0.3) is 0 Å². The van der Waals surface area contributed by atoms with Crippen molar-refractivity contribution in [3.05, 3.63) is 30.1 Å². The Hall–Kier alpha value is -1.86. The second-order valence-corrected chi connectivity index (χ2v) is 5.31. The minimum atomic E-state index is -0.0502. The Kier molecular flexibility index (Phi) is 4.98. The number of hydrogen-bond donors (Lipinski definition) is 1. The number of ether oxygens (including phenoxy) is 1. The molecule has 0 aliphatic carbocycles. The monoisotopic (exact) mass is 292 g/mol. The fourth-order valence-corrected chi connectivity index (χ4v) is 2.31. The summed E-state index contributed by atoms with van der Waals surface area (Å²) in [6, 6.07) is -0.0502. The van der Waals surface area contributed by atoms with Gasteiger partial charge in [-0.3, -0.25) is 4.68 Å². The number of nitrogens with zero attached hydrogens (tertiary/aromatic N) is 5. The molecule has 0 amide bonds. The first-order valence-electron chi connectivity index (χ1n) is 6.96. The van der Waals surface area contributed by atoms with Crippen molar-refractivity contribution < 1.29 is 4.74 Å². The summed E-state index contributed by atoms with van der Waals surface area (Å²) in [5.74, 6) is 0.777. The predicted octanol–water partition coefficient (Wildman–Crippen LogP) is 0.496. The normalized spacial score (nSPS) is 12.9. The molecule has 21 heavy (non-hydrogen) atoms. The summed E-state index contributed by atoms with van der Waals surface area (Å²) in [5.41, 5.74) is 1.95. The fourth-order valence-electron chi connectivity index (χ4n) is 2.31. The lowest BCUT2D eigenvalue weighted by atomic mass is 10.1. The van der Waals surface area contributed by atoms with Gasteiger partial charge < -0.3 is 19.5 Å². The van der Waals surface area contributed by atoms with Crippen LogP contribution in [0.2, 0.25) is 0 Å². The lowest BCUT2D eigenvalue weighted by Gasteiger charge is -2.19. The molecule has 0 aromatic carbocycles. The van der Waals surface area contributed by atoms with Crippen LogP contribution in [-0.4, -0.2) is 59.0 Å². The molecule has 0 aliphatic rings. The Bertz CT molecular complexity index is 574. The van der Waals surface area contributed by atoms with Gasteiger partial charge in [-0.1, -0.05) is 0 Å². The summed E-state index contributed by atoms with van der Waals surface area (Å²) in [6.07, 6.45) is 5.56. The van der Waals surface area contributed by atoms with E-state index >= 15 is 0 Å². The second-order valence-electron chi connectivity index (χ2n) is 5.31. The highest BCUT2D eigenvalue weighted by molar-refractivity contribution is 5.33. The SMILES string of the molecule is CNC(c1cn(C)cn1)c1c(OC)cnn1CCN(C)C. The van der Waals surface area contributed by atoms with Gasteiger partial charge >= 0.3 is 0 Å². The van der Waals surface area contributed by atoms with Crippen molar-refractivity contribution in [3.8, 4) is 5.75 Å². The van der Waals surface area contributed by atoms with E-state index in [4.69, 9.17) is 4.74 Å². The Morgan fingerprint density at radius 2 is 2.19 bits per heavy atom. The summed E-state index contributed by atoms with van der Waals surface area (Å²) >= 11 is 0.